The van der Waals surface area contributed by atoms with E-state index in [1.807, 2.05) is 12.1 Å². The van der Waals surface area contributed by atoms with Gasteiger partial charge in [-0.2, -0.15) is 0 Å². The highest BCUT2D eigenvalue weighted by Crippen LogP contribution is 2.42. The van der Waals surface area contributed by atoms with Crippen LogP contribution in [0, 0.1) is 0 Å². The lowest BCUT2D eigenvalue weighted by Crippen LogP contribution is -2.22. The van der Waals surface area contributed by atoms with E-state index in [0.717, 1.165) is 4.47 Å². The summed E-state index contributed by atoms with van der Waals surface area (Å²) < 4.78 is 0.900. The third-order valence-electron chi connectivity index (χ3n) is 4.59. The van der Waals surface area contributed by atoms with E-state index in [1.165, 1.54) is 11.8 Å². The van der Waals surface area contributed by atoms with Crippen LogP contribution in [-0.2, 0) is 4.79 Å². The highest BCUT2D eigenvalue weighted by Gasteiger charge is 2.29. The van der Waals surface area contributed by atoms with Gasteiger partial charge in [0.05, 0.1) is 36.5 Å². The van der Waals surface area contributed by atoms with Crippen molar-refractivity contribution < 1.29 is 19.5 Å². The van der Waals surface area contributed by atoms with Gasteiger partial charge in [0.15, 0.2) is 0 Å². The molecule has 1 unspecified atom stereocenters. The average Bonchev–Trinajstić information content (AvgIpc) is 2.81. The van der Waals surface area contributed by atoms with Gasteiger partial charge in [-0.25, -0.2) is 4.79 Å². The molecule has 0 fully saturated rings. The Morgan fingerprint density at radius 3 is 2.06 bits per heavy atom. The maximum absolute atomic E-state index is 13.0. The molecule has 1 atom stereocenters. The molecule has 35 heavy (non-hydrogen) atoms. The number of hydrogen-bond acceptors (Lipinski definition) is 4. The molecule has 3 aromatic carbocycles. The van der Waals surface area contributed by atoms with Crippen LogP contribution in [0.4, 0.5) is 11.4 Å². The molecule has 12 heteroatoms. The Balaban J connectivity index is 1.78. The predicted octanol–water partition coefficient (Wildman–Crippen LogP) is 8.13. The number of nitrogens with one attached hydrogen (secondary N) is 2. The van der Waals surface area contributed by atoms with Crippen molar-refractivity contribution in [3.05, 3.63) is 84.2 Å². The monoisotopic (exact) mass is 634 g/mol. The molecule has 0 radical (unpaired) electrons. The molecule has 0 aliphatic rings. The van der Waals surface area contributed by atoms with Crippen molar-refractivity contribution in [2.75, 3.05) is 10.6 Å². The van der Waals surface area contributed by atoms with E-state index in [1.54, 1.807) is 43.3 Å². The van der Waals surface area contributed by atoms with E-state index < -0.39 is 33.3 Å². The van der Waals surface area contributed by atoms with Crippen LogP contribution in [0.5, 0.6) is 0 Å². The van der Waals surface area contributed by atoms with Crippen LogP contribution in [0.2, 0.25) is 20.1 Å². The third-order valence-corrected chi connectivity index (χ3v) is 8.02. The number of thioether (sulfide) groups is 1. The molecule has 0 aromatic heterocycles. The van der Waals surface area contributed by atoms with E-state index in [0.29, 0.717) is 16.3 Å². The summed E-state index contributed by atoms with van der Waals surface area (Å²) in [6, 6.07) is 13.9. The Bertz CT molecular complexity index is 1320. The molecular weight excluding hydrogens is 622 g/mol. The summed E-state index contributed by atoms with van der Waals surface area (Å²) in [5, 5.41) is 13.3. The van der Waals surface area contributed by atoms with Gasteiger partial charge in [0.2, 0.25) is 5.91 Å². The summed E-state index contributed by atoms with van der Waals surface area (Å²) in [6.45, 7) is 1.75. The van der Waals surface area contributed by atoms with Crippen LogP contribution in [0.25, 0.3) is 0 Å². The van der Waals surface area contributed by atoms with Gasteiger partial charge in [0, 0.05) is 20.7 Å². The fourth-order valence-electron chi connectivity index (χ4n) is 2.92. The van der Waals surface area contributed by atoms with E-state index in [4.69, 9.17) is 46.4 Å². The molecule has 3 N–H and O–H groups in total. The van der Waals surface area contributed by atoms with E-state index in [-0.39, 0.29) is 21.0 Å². The molecule has 2 amide bonds. The second-order valence-corrected chi connectivity index (χ2v) is 10.9. The molecule has 0 aliphatic carbocycles. The quantitative estimate of drug-likeness (QED) is 0.138. The highest BCUT2D eigenvalue weighted by atomic mass is 79.9. The van der Waals surface area contributed by atoms with Gasteiger partial charge in [-0.1, -0.05) is 68.4 Å². The highest BCUT2D eigenvalue weighted by molar-refractivity contribution is 9.10. The Labute approximate surface area is 233 Å². The Morgan fingerprint density at radius 2 is 1.46 bits per heavy atom. The number of hydrogen-bond donors (Lipinski definition) is 3. The number of anilines is 2. The molecular formula is C23H15BrCl4N2O4S. The molecule has 0 saturated heterocycles. The molecule has 0 bridgehead atoms. The fourth-order valence-corrected chi connectivity index (χ4v) is 5.13. The van der Waals surface area contributed by atoms with Gasteiger partial charge in [0.25, 0.3) is 5.91 Å². The summed E-state index contributed by atoms with van der Waals surface area (Å²) in [6.07, 6.45) is 0. The number of rotatable bonds is 7. The lowest BCUT2D eigenvalue weighted by Gasteiger charge is -2.15. The molecule has 0 spiro atoms. The van der Waals surface area contributed by atoms with Crippen molar-refractivity contribution in [3.8, 4) is 0 Å². The van der Waals surface area contributed by atoms with Crippen LogP contribution >= 0.6 is 74.1 Å². The zero-order valence-electron chi connectivity index (χ0n) is 17.7. The minimum atomic E-state index is -1.49. The Hall–Kier alpha value is -1.94. The minimum Gasteiger partial charge on any atom is -0.478 e. The molecule has 3 rings (SSSR count). The first kappa shape index (κ1) is 27.6. The van der Waals surface area contributed by atoms with Crippen molar-refractivity contribution in [1.82, 2.24) is 0 Å². The lowest BCUT2D eigenvalue weighted by atomic mass is 10.1. The topological polar surface area (TPSA) is 95.5 Å². The number of carbonyl (C=O) groups excluding carboxylic acids is 2. The first-order valence-electron chi connectivity index (χ1n) is 9.73. The van der Waals surface area contributed by atoms with E-state index >= 15 is 0 Å². The van der Waals surface area contributed by atoms with Crippen molar-refractivity contribution in [2.45, 2.75) is 17.1 Å². The Kier molecular flexibility index (Phi) is 9.37. The summed E-state index contributed by atoms with van der Waals surface area (Å²) in [5.41, 5.74) is 0.0272. The molecule has 0 heterocycles. The number of carboxylic acid groups (broad SMARTS) is 1. The van der Waals surface area contributed by atoms with Crippen LogP contribution in [0.3, 0.4) is 0 Å². The van der Waals surface area contributed by atoms with Gasteiger partial charge in [-0.15, -0.1) is 11.8 Å². The fraction of sp³-hybridized carbons (Fsp3) is 0.0870. The van der Waals surface area contributed by atoms with Crippen LogP contribution < -0.4 is 10.6 Å². The van der Waals surface area contributed by atoms with Crippen molar-refractivity contribution in [1.29, 1.82) is 0 Å². The van der Waals surface area contributed by atoms with Gasteiger partial charge in [0.1, 0.15) is 0 Å². The smallest absolute Gasteiger partial charge is 0.338 e. The average molecular weight is 637 g/mol. The first-order valence-corrected chi connectivity index (χ1v) is 12.9. The zero-order chi connectivity index (χ0) is 25.9. The molecule has 3 aromatic rings. The minimum absolute atomic E-state index is 0.199. The second-order valence-electron chi connectivity index (χ2n) is 7.05. The lowest BCUT2D eigenvalue weighted by molar-refractivity contribution is -0.115. The van der Waals surface area contributed by atoms with Crippen molar-refractivity contribution in [3.63, 3.8) is 0 Å². The van der Waals surface area contributed by atoms with Gasteiger partial charge >= 0.3 is 5.97 Å². The standard InChI is InChI=1S/C23H15BrCl4N2O4S/c1-10(21(31)29-12-7-5-11(24)6-8-12)35-14-4-2-3-13(9-14)30-22(32)15-16(23(33)34)18(26)20(28)19(27)17(15)25/h2-10H,1H3,(H,29,31)(H,30,32)(H,33,34). The van der Waals surface area contributed by atoms with Crippen molar-refractivity contribution >= 4 is 103 Å². The maximum Gasteiger partial charge on any atom is 0.338 e. The number of aromatic carboxylic acids is 1. The van der Waals surface area contributed by atoms with E-state index in [2.05, 4.69) is 26.6 Å². The SMILES string of the molecule is CC(Sc1cccc(NC(=O)c2c(Cl)c(Cl)c(Cl)c(Cl)c2C(=O)O)c1)C(=O)Nc1ccc(Br)cc1. The van der Waals surface area contributed by atoms with Crippen LogP contribution in [-0.4, -0.2) is 28.1 Å². The number of carbonyl (C=O) groups is 3. The van der Waals surface area contributed by atoms with Crippen LogP contribution in [0.1, 0.15) is 27.6 Å². The molecule has 0 saturated carbocycles. The summed E-state index contributed by atoms with van der Waals surface area (Å²) in [5.74, 6) is -2.53. The van der Waals surface area contributed by atoms with Gasteiger partial charge in [-0.05, 0) is 49.4 Å². The normalized spacial score (nSPS) is 11.6. The van der Waals surface area contributed by atoms with Gasteiger partial charge in [-0.3, -0.25) is 9.59 Å². The number of halogens is 5. The maximum atomic E-state index is 13.0. The molecule has 0 aliphatic heterocycles. The van der Waals surface area contributed by atoms with E-state index in [9.17, 15) is 19.5 Å². The molecule has 182 valence electrons. The number of amides is 2. The number of carboxylic acids is 1. The summed E-state index contributed by atoms with van der Waals surface area (Å²) in [7, 11) is 0. The van der Waals surface area contributed by atoms with Gasteiger partial charge < -0.3 is 15.7 Å². The number of benzene rings is 3. The Morgan fingerprint density at radius 1 is 0.857 bits per heavy atom. The predicted molar refractivity (Wildman–Crippen MR) is 146 cm³/mol. The third kappa shape index (κ3) is 6.64. The largest absolute Gasteiger partial charge is 0.478 e. The van der Waals surface area contributed by atoms with Crippen molar-refractivity contribution in [2.24, 2.45) is 0 Å². The molecule has 6 nitrogen and oxygen atoms in total. The summed E-state index contributed by atoms with van der Waals surface area (Å²) in [4.78, 5) is 37.9. The first-order chi connectivity index (χ1) is 16.5. The second kappa shape index (κ2) is 11.9. The van der Waals surface area contributed by atoms with Crippen LogP contribution in [0.15, 0.2) is 57.9 Å². The zero-order valence-corrected chi connectivity index (χ0v) is 23.1. The summed E-state index contributed by atoms with van der Waals surface area (Å²) >= 11 is 28.7.